The Kier molecular flexibility index (Phi) is 8.23. The van der Waals surface area contributed by atoms with Crippen molar-refractivity contribution in [2.75, 3.05) is 18.0 Å². The highest BCUT2D eigenvalue weighted by atomic mass is 16.5. The third-order valence-electron chi connectivity index (χ3n) is 6.26. The van der Waals surface area contributed by atoms with Gasteiger partial charge >= 0.3 is 6.15 Å². The number of nitrogens with zero attached hydrogens (tertiary/aromatic N) is 2. The first-order valence-electron chi connectivity index (χ1n) is 11.6. The molecule has 1 aromatic heterocycles. The van der Waals surface area contributed by atoms with Crippen molar-refractivity contribution in [1.82, 2.24) is 10.3 Å². The van der Waals surface area contributed by atoms with Crippen LogP contribution in [-0.4, -0.2) is 41.8 Å². The van der Waals surface area contributed by atoms with Gasteiger partial charge in [-0.2, -0.15) is 9.59 Å². The molecule has 2 aliphatic rings. The fraction of sp³-hybridized carbons (Fsp3) is 0.500. The molecule has 1 saturated carbocycles. The predicted molar refractivity (Wildman–Crippen MR) is 125 cm³/mol. The molecule has 1 aliphatic heterocycles. The maximum absolute atomic E-state index is 12.5. The van der Waals surface area contributed by atoms with Gasteiger partial charge in [0.05, 0.1) is 24.5 Å². The first-order chi connectivity index (χ1) is 15.8. The first kappa shape index (κ1) is 24.5. The van der Waals surface area contributed by atoms with Gasteiger partial charge in [0, 0.05) is 25.2 Å². The lowest BCUT2D eigenvalue weighted by Crippen LogP contribution is -2.38. The minimum Gasteiger partial charge on any atom is -0.486 e. The molecular formula is C26H33N3O4. The molecule has 1 saturated heterocycles. The molecule has 7 nitrogen and oxygen atoms in total. The number of carbonyl (C=O) groups excluding carboxylic acids is 3. The maximum Gasteiger partial charge on any atom is 0.373 e. The van der Waals surface area contributed by atoms with Crippen LogP contribution in [0, 0.1) is 0 Å². The van der Waals surface area contributed by atoms with E-state index in [1.165, 1.54) is 18.4 Å². The Morgan fingerprint density at radius 1 is 1.18 bits per heavy atom. The van der Waals surface area contributed by atoms with Gasteiger partial charge in [-0.3, -0.25) is 9.78 Å². The molecule has 176 valence electrons. The molecule has 1 N–H and O–H groups in total. The number of ether oxygens (including phenoxy) is 1. The Morgan fingerprint density at radius 3 is 2.52 bits per heavy atom. The van der Waals surface area contributed by atoms with Crippen LogP contribution in [0.25, 0.3) is 0 Å². The van der Waals surface area contributed by atoms with E-state index < -0.39 is 0 Å². The highest BCUT2D eigenvalue weighted by Crippen LogP contribution is 2.39. The number of nitrogens with one attached hydrogen (secondary N) is 1. The van der Waals surface area contributed by atoms with Gasteiger partial charge in [0.2, 0.25) is 5.91 Å². The molecule has 1 atom stereocenters. The van der Waals surface area contributed by atoms with Crippen molar-refractivity contribution in [3.63, 3.8) is 0 Å². The van der Waals surface area contributed by atoms with E-state index in [1.807, 2.05) is 6.20 Å². The van der Waals surface area contributed by atoms with E-state index in [1.54, 1.807) is 6.20 Å². The lowest BCUT2D eigenvalue weighted by molar-refractivity contribution is -0.191. The van der Waals surface area contributed by atoms with Crippen LogP contribution in [0.5, 0.6) is 5.75 Å². The van der Waals surface area contributed by atoms with Gasteiger partial charge in [-0.05, 0) is 56.6 Å². The topological polar surface area (TPSA) is 88.6 Å². The number of carbonyl (C=O) groups is 1. The molecule has 2 aromatic rings. The minimum absolute atomic E-state index is 0.0981. The summed E-state index contributed by atoms with van der Waals surface area (Å²) in [6.45, 7) is 7.99. The van der Waals surface area contributed by atoms with Crippen LogP contribution < -0.4 is 15.0 Å². The van der Waals surface area contributed by atoms with Crippen molar-refractivity contribution < 1.29 is 19.1 Å². The summed E-state index contributed by atoms with van der Waals surface area (Å²) in [5.74, 6) is 1.64. The van der Waals surface area contributed by atoms with Gasteiger partial charge in [-0.15, -0.1) is 0 Å². The van der Waals surface area contributed by atoms with E-state index in [9.17, 15) is 4.79 Å². The van der Waals surface area contributed by atoms with E-state index in [-0.39, 0.29) is 23.7 Å². The zero-order valence-electron chi connectivity index (χ0n) is 19.7. The molecule has 0 radical (unpaired) electrons. The van der Waals surface area contributed by atoms with E-state index in [0.717, 1.165) is 48.8 Å². The van der Waals surface area contributed by atoms with E-state index in [2.05, 4.69) is 66.3 Å². The van der Waals surface area contributed by atoms with Crippen LogP contribution in [-0.2, 0) is 20.8 Å². The lowest BCUT2D eigenvalue weighted by Gasteiger charge is -2.26. The van der Waals surface area contributed by atoms with Crippen LogP contribution >= 0.6 is 0 Å². The second-order valence-electron chi connectivity index (χ2n) is 9.37. The second kappa shape index (κ2) is 11.1. The first-order valence-corrected chi connectivity index (χ1v) is 11.6. The van der Waals surface area contributed by atoms with Crippen molar-refractivity contribution in [2.24, 2.45) is 0 Å². The summed E-state index contributed by atoms with van der Waals surface area (Å²) in [6, 6.07) is 10.8. The monoisotopic (exact) mass is 451 g/mol. The van der Waals surface area contributed by atoms with Crippen LogP contribution in [0.3, 0.4) is 0 Å². The molecule has 0 spiro atoms. The highest BCUT2D eigenvalue weighted by molar-refractivity contribution is 5.79. The number of hydrogen-bond acceptors (Lipinski definition) is 6. The SMILES string of the molecule is CCC(C)(C)Oc1cncc(N2CC[C@@H](NC(=O)Cc3ccc(C4CC4)cc3)C2)c1.O=C=O. The lowest BCUT2D eigenvalue weighted by atomic mass is 10.1. The largest absolute Gasteiger partial charge is 0.486 e. The Hall–Kier alpha value is -3.18. The Morgan fingerprint density at radius 2 is 1.88 bits per heavy atom. The smallest absolute Gasteiger partial charge is 0.373 e. The Bertz CT molecular complexity index is 964. The van der Waals surface area contributed by atoms with Crippen molar-refractivity contribution in [2.45, 2.75) is 70.4 Å². The number of pyridine rings is 1. The van der Waals surface area contributed by atoms with E-state index in [0.29, 0.717) is 6.42 Å². The average molecular weight is 452 g/mol. The number of benzene rings is 1. The molecule has 0 bridgehead atoms. The zero-order valence-corrected chi connectivity index (χ0v) is 19.7. The third kappa shape index (κ3) is 7.43. The number of amides is 1. The van der Waals surface area contributed by atoms with E-state index >= 15 is 0 Å². The Labute approximate surface area is 195 Å². The van der Waals surface area contributed by atoms with Crippen molar-refractivity contribution in [1.29, 1.82) is 0 Å². The molecule has 2 fully saturated rings. The summed E-state index contributed by atoms with van der Waals surface area (Å²) < 4.78 is 6.08. The second-order valence-corrected chi connectivity index (χ2v) is 9.37. The van der Waals surface area contributed by atoms with E-state index in [4.69, 9.17) is 14.3 Å². The Balaban J connectivity index is 0.000000968. The molecular weight excluding hydrogens is 418 g/mol. The molecule has 0 unspecified atom stereocenters. The quantitative estimate of drug-likeness (QED) is 0.655. The van der Waals surface area contributed by atoms with Crippen molar-refractivity contribution in [3.05, 3.63) is 53.9 Å². The van der Waals surface area contributed by atoms with Crippen LogP contribution in [0.1, 0.15) is 63.5 Å². The van der Waals surface area contributed by atoms with Crippen LogP contribution in [0.2, 0.25) is 0 Å². The summed E-state index contributed by atoms with van der Waals surface area (Å²) in [5.41, 5.74) is 3.33. The van der Waals surface area contributed by atoms with Crippen LogP contribution in [0.15, 0.2) is 42.7 Å². The normalized spacial score (nSPS) is 17.5. The molecule has 7 heteroatoms. The average Bonchev–Trinajstić information content (AvgIpc) is 3.53. The summed E-state index contributed by atoms with van der Waals surface area (Å²) in [6.07, 6.45) is 8.81. The third-order valence-corrected chi connectivity index (χ3v) is 6.26. The van der Waals surface area contributed by atoms with Crippen LogP contribution in [0.4, 0.5) is 5.69 Å². The maximum atomic E-state index is 12.5. The fourth-order valence-electron chi connectivity index (χ4n) is 3.93. The summed E-state index contributed by atoms with van der Waals surface area (Å²) in [5, 5.41) is 3.21. The van der Waals surface area contributed by atoms with Gasteiger partial charge < -0.3 is 15.0 Å². The van der Waals surface area contributed by atoms with Crippen molar-refractivity contribution in [3.8, 4) is 5.75 Å². The molecule has 2 heterocycles. The molecule has 1 amide bonds. The van der Waals surface area contributed by atoms with Gasteiger partial charge in [0.15, 0.2) is 0 Å². The summed E-state index contributed by atoms with van der Waals surface area (Å²) in [7, 11) is 0. The number of anilines is 1. The van der Waals surface area contributed by atoms with Gasteiger partial charge in [0.25, 0.3) is 0 Å². The van der Waals surface area contributed by atoms with Crippen molar-refractivity contribution >= 4 is 17.7 Å². The number of aromatic nitrogens is 1. The number of hydrogen-bond donors (Lipinski definition) is 1. The molecule has 33 heavy (non-hydrogen) atoms. The molecule has 1 aliphatic carbocycles. The summed E-state index contributed by atoms with van der Waals surface area (Å²) >= 11 is 0. The summed E-state index contributed by atoms with van der Waals surface area (Å²) in [4.78, 5) is 35.4. The highest BCUT2D eigenvalue weighted by Gasteiger charge is 2.26. The molecule has 4 rings (SSSR count). The molecule has 1 aromatic carbocycles. The van der Waals surface area contributed by atoms with Gasteiger partial charge in [0.1, 0.15) is 11.4 Å². The number of rotatable bonds is 8. The standard InChI is InChI=1S/C25H33N3O2.CO2/c1-4-25(2,3)30-23-14-22(15-26-16-23)28-12-11-21(17-28)27-24(29)13-18-5-7-19(8-6-18)20-9-10-20;2-1-3/h5-8,14-16,20-21H,4,9-13,17H2,1-3H3,(H,27,29);/t21-;/m1./s1. The fourth-order valence-corrected chi connectivity index (χ4v) is 3.93. The predicted octanol–water partition coefficient (Wildman–Crippen LogP) is 3.88. The zero-order chi connectivity index (χ0) is 23.8. The van der Waals surface area contributed by atoms with Gasteiger partial charge in [-0.1, -0.05) is 31.2 Å². The minimum atomic E-state index is -0.210. The van der Waals surface area contributed by atoms with Gasteiger partial charge in [-0.25, -0.2) is 0 Å².